The Morgan fingerprint density at radius 1 is 0.920 bits per heavy atom. The Bertz CT molecular complexity index is 639. The van der Waals surface area contributed by atoms with Gasteiger partial charge in [0.1, 0.15) is 0 Å². The molecular weight excluding hydrogens is 316 g/mol. The number of hydrogen-bond acceptors (Lipinski definition) is 3. The fourth-order valence-electron chi connectivity index (χ4n) is 3.83. The minimum Gasteiger partial charge on any atom is -0.342 e. The molecular formula is C20H26N2O3. The highest BCUT2D eigenvalue weighted by Crippen LogP contribution is 2.31. The molecule has 1 aliphatic carbocycles. The van der Waals surface area contributed by atoms with Crippen LogP contribution in [0.15, 0.2) is 24.3 Å². The van der Waals surface area contributed by atoms with Gasteiger partial charge in [0.05, 0.1) is 0 Å². The highest BCUT2D eigenvalue weighted by atomic mass is 16.2. The van der Waals surface area contributed by atoms with E-state index in [0.717, 1.165) is 51.6 Å². The molecule has 5 nitrogen and oxygen atoms in total. The molecule has 1 aromatic carbocycles. The normalized spacial score (nSPS) is 23.3. The molecule has 0 unspecified atom stereocenters. The van der Waals surface area contributed by atoms with E-state index in [1.54, 1.807) is 24.3 Å². The average Bonchev–Trinajstić information content (AvgIpc) is 3.16. The molecule has 3 rings (SSSR count). The van der Waals surface area contributed by atoms with Gasteiger partial charge in [-0.25, -0.2) is 0 Å². The molecule has 0 atom stereocenters. The van der Waals surface area contributed by atoms with Crippen LogP contribution in [0.1, 0.15) is 55.8 Å². The van der Waals surface area contributed by atoms with Gasteiger partial charge in [0.25, 0.3) is 0 Å². The minimum atomic E-state index is -0.0323. The van der Waals surface area contributed by atoms with Gasteiger partial charge >= 0.3 is 0 Å². The van der Waals surface area contributed by atoms with E-state index in [-0.39, 0.29) is 29.4 Å². The van der Waals surface area contributed by atoms with Crippen molar-refractivity contribution in [2.24, 2.45) is 11.8 Å². The largest absolute Gasteiger partial charge is 0.342 e. The van der Waals surface area contributed by atoms with Crippen LogP contribution in [-0.2, 0) is 9.59 Å². The molecule has 1 aliphatic heterocycles. The van der Waals surface area contributed by atoms with Crippen LogP contribution in [0.4, 0.5) is 5.69 Å². The predicted octanol–water partition coefficient (Wildman–Crippen LogP) is 3.26. The molecule has 5 heteroatoms. The SMILES string of the molecule is CC(=O)c1ccc(NC(=O)C2CCC(C(=O)N3CCCC3)CC2)cc1. The summed E-state index contributed by atoms with van der Waals surface area (Å²) >= 11 is 0. The first kappa shape index (κ1) is 17.6. The van der Waals surface area contributed by atoms with Gasteiger partial charge in [0, 0.05) is 36.2 Å². The number of anilines is 1. The first-order chi connectivity index (χ1) is 12.0. The molecule has 1 aromatic rings. The first-order valence-electron chi connectivity index (χ1n) is 9.25. The second kappa shape index (κ2) is 7.81. The summed E-state index contributed by atoms with van der Waals surface area (Å²) in [5.74, 6) is 0.379. The van der Waals surface area contributed by atoms with E-state index in [1.165, 1.54) is 6.92 Å². The molecule has 0 radical (unpaired) electrons. The number of rotatable bonds is 4. The number of ketones is 1. The maximum Gasteiger partial charge on any atom is 0.227 e. The van der Waals surface area contributed by atoms with E-state index < -0.39 is 0 Å². The molecule has 25 heavy (non-hydrogen) atoms. The van der Waals surface area contributed by atoms with Crippen molar-refractivity contribution in [1.82, 2.24) is 4.90 Å². The quantitative estimate of drug-likeness (QED) is 0.854. The highest BCUT2D eigenvalue weighted by molar-refractivity contribution is 5.96. The van der Waals surface area contributed by atoms with Gasteiger partial charge in [-0.2, -0.15) is 0 Å². The molecule has 2 aliphatic rings. The minimum absolute atomic E-state index is 0.0128. The fourth-order valence-corrected chi connectivity index (χ4v) is 3.83. The average molecular weight is 342 g/mol. The van der Waals surface area contributed by atoms with Gasteiger partial charge in [-0.15, -0.1) is 0 Å². The lowest BCUT2D eigenvalue weighted by Crippen LogP contribution is -2.37. The lowest BCUT2D eigenvalue weighted by atomic mass is 9.81. The van der Waals surface area contributed by atoms with Crippen molar-refractivity contribution < 1.29 is 14.4 Å². The van der Waals surface area contributed by atoms with Crippen LogP contribution < -0.4 is 5.32 Å². The van der Waals surface area contributed by atoms with Crippen LogP contribution in [0.25, 0.3) is 0 Å². The zero-order chi connectivity index (χ0) is 17.8. The molecule has 1 N–H and O–H groups in total. The first-order valence-corrected chi connectivity index (χ1v) is 9.25. The summed E-state index contributed by atoms with van der Waals surface area (Å²) < 4.78 is 0. The zero-order valence-corrected chi connectivity index (χ0v) is 14.8. The van der Waals surface area contributed by atoms with Crippen molar-refractivity contribution in [2.75, 3.05) is 18.4 Å². The summed E-state index contributed by atoms with van der Waals surface area (Å²) in [6.45, 7) is 3.32. The third-order valence-corrected chi connectivity index (χ3v) is 5.42. The Kier molecular flexibility index (Phi) is 5.51. The van der Waals surface area contributed by atoms with Crippen molar-refractivity contribution in [3.63, 3.8) is 0 Å². The fraction of sp³-hybridized carbons (Fsp3) is 0.550. The Morgan fingerprint density at radius 2 is 1.48 bits per heavy atom. The van der Waals surface area contributed by atoms with Crippen LogP contribution in [0.5, 0.6) is 0 Å². The van der Waals surface area contributed by atoms with E-state index in [4.69, 9.17) is 0 Å². The standard InChI is InChI=1S/C20H26N2O3/c1-14(23)15-8-10-18(11-9-15)21-19(24)16-4-6-17(7-5-16)20(25)22-12-2-3-13-22/h8-11,16-17H,2-7,12-13H2,1H3,(H,21,24). The monoisotopic (exact) mass is 342 g/mol. The highest BCUT2D eigenvalue weighted by Gasteiger charge is 2.32. The van der Waals surface area contributed by atoms with Crippen LogP contribution in [0, 0.1) is 11.8 Å². The summed E-state index contributed by atoms with van der Waals surface area (Å²) in [7, 11) is 0. The van der Waals surface area contributed by atoms with E-state index in [2.05, 4.69) is 5.32 Å². The van der Waals surface area contributed by atoms with Gasteiger partial charge < -0.3 is 10.2 Å². The number of benzene rings is 1. The molecule has 0 spiro atoms. The summed E-state index contributed by atoms with van der Waals surface area (Å²) in [5, 5.41) is 2.93. The van der Waals surface area contributed by atoms with Gasteiger partial charge in [-0.1, -0.05) is 0 Å². The number of likely N-dealkylation sites (tertiary alicyclic amines) is 1. The Balaban J connectivity index is 1.49. The smallest absolute Gasteiger partial charge is 0.227 e. The summed E-state index contributed by atoms with van der Waals surface area (Å²) in [4.78, 5) is 38.2. The topological polar surface area (TPSA) is 66.5 Å². The molecule has 2 amide bonds. The van der Waals surface area contributed by atoms with Crippen molar-refractivity contribution in [2.45, 2.75) is 45.4 Å². The molecule has 0 aromatic heterocycles. The van der Waals surface area contributed by atoms with Gasteiger partial charge in [0.2, 0.25) is 11.8 Å². The zero-order valence-electron chi connectivity index (χ0n) is 14.8. The molecule has 134 valence electrons. The number of hydrogen-bond donors (Lipinski definition) is 1. The third-order valence-electron chi connectivity index (χ3n) is 5.42. The lowest BCUT2D eigenvalue weighted by Gasteiger charge is -2.29. The van der Waals surface area contributed by atoms with Gasteiger partial charge in [-0.3, -0.25) is 14.4 Å². The summed E-state index contributed by atoms with van der Waals surface area (Å²) in [6, 6.07) is 6.97. The Morgan fingerprint density at radius 3 is 2.04 bits per heavy atom. The second-order valence-corrected chi connectivity index (χ2v) is 7.20. The van der Waals surface area contributed by atoms with E-state index >= 15 is 0 Å². The van der Waals surface area contributed by atoms with Crippen LogP contribution >= 0.6 is 0 Å². The van der Waals surface area contributed by atoms with Crippen molar-refractivity contribution >= 4 is 23.3 Å². The van der Waals surface area contributed by atoms with Crippen LogP contribution in [-0.4, -0.2) is 35.6 Å². The molecule has 1 heterocycles. The van der Waals surface area contributed by atoms with Crippen LogP contribution in [0.2, 0.25) is 0 Å². The van der Waals surface area contributed by atoms with Crippen LogP contribution in [0.3, 0.4) is 0 Å². The maximum atomic E-state index is 12.5. The number of amides is 2. The third kappa shape index (κ3) is 4.27. The number of nitrogens with one attached hydrogen (secondary N) is 1. The van der Waals surface area contributed by atoms with Gasteiger partial charge in [-0.05, 0) is 69.7 Å². The van der Waals surface area contributed by atoms with E-state index in [0.29, 0.717) is 11.3 Å². The number of carbonyl (C=O) groups excluding carboxylic acids is 3. The van der Waals surface area contributed by atoms with Gasteiger partial charge in [0.15, 0.2) is 5.78 Å². The molecule has 0 bridgehead atoms. The molecule has 1 saturated carbocycles. The maximum absolute atomic E-state index is 12.5. The molecule has 2 fully saturated rings. The molecule has 1 saturated heterocycles. The van der Waals surface area contributed by atoms with E-state index in [9.17, 15) is 14.4 Å². The Labute approximate surface area is 148 Å². The number of Topliss-reactive ketones (excluding diaryl/α,β-unsaturated/α-hetero) is 1. The predicted molar refractivity (Wildman–Crippen MR) is 96.3 cm³/mol. The van der Waals surface area contributed by atoms with Crippen molar-refractivity contribution in [3.8, 4) is 0 Å². The summed E-state index contributed by atoms with van der Waals surface area (Å²) in [5.41, 5.74) is 1.35. The summed E-state index contributed by atoms with van der Waals surface area (Å²) in [6.07, 6.45) is 5.37. The Hall–Kier alpha value is -2.17. The number of nitrogens with zero attached hydrogens (tertiary/aromatic N) is 1. The second-order valence-electron chi connectivity index (χ2n) is 7.20. The van der Waals surface area contributed by atoms with E-state index in [1.807, 2.05) is 4.90 Å². The van der Waals surface area contributed by atoms with Crippen molar-refractivity contribution in [3.05, 3.63) is 29.8 Å². The van der Waals surface area contributed by atoms with Crippen molar-refractivity contribution in [1.29, 1.82) is 0 Å². The lowest BCUT2D eigenvalue weighted by molar-refractivity contribution is -0.136. The number of carbonyl (C=O) groups is 3.